The quantitative estimate of drug-likeness (QED) is 0.828. The van der Waals surface area contributed by atoms with Crippen molar-refractivity contribution in [1.82, 2.24) is 4.98 Å². The van der Waals surface area contributed by atoms with Gasteiger partial charge in [0.2, 0.25) is 0 Å². The van der Waals surface area contributed by atoms with E-state index in [2.05, 4.69) is 4.98 Å². The van der Waals surface area contributed by atoms with E-state index in [1.54, 1.807) is 18.3 Å². The molecule has 4 heteroatoms. The van der Waals surface area contributed by atoms with Crippen molar-refractivity contribution < 1.29 is 9.13 Å². The lowest BCUT2D eigenvalue weighted by atomic mass is 10.2. The molecule has 0 fully saturated rings. The fraction of sp³-hybridized carbons (Fsp3) is 0.143. The second-order valence-corrected chi connectivity index (χ2v) is 3.64. The third-order valence-electron chi connectivity index (χ3n) is 2.43. The van der Waals surface area contributed by atoms with Gasteiger partial charge in [-0.25, -0.2) is 4.39 Å². The lowest BCUT2D eigenvalue weighted by molar-refractivity contribution is 0.318. The van der Waals surface area contributed by atoms with Crippen LogP contribution in [-0.4, -0.2) is 11.6 Å². The topological polar surface area (TPSA) is 45.9 Å². The average molecular weight is 242 g/mol. The second-order valence-electron chi connectivity index (χ2n) is 3.64. The summed E-state index contributed by atoms with van der Waals surface area (Å²) in [7, 11) is 0. The summed E-state index contributed by atoms with van der Waals surface area (Å²) in [5, 5.41) is 8.83. The molecule has 1 aromatic carbocycles. The van der Waals surface area contributed by atoms with Crippen molar-refractivity contribution >= 4 is 0 Å². The Morgan fingerprint density at radius 1 is 1.22 bits per heavy atom. The van der Waals surface area contributed by atoms with Crippen LogP contribution in [0, 0.1) is 17.1 Å². The number of ether oxygens (including phenoxy) is 1. The van der Waals surface area contributed by atoms with Crippen molar-refractivity contribution in [2.24, 2.45) is 0 Å². The van der Waals surface area contributed by atoms with E-state index in [9.17, 15) is 4.39 Å². The molecule has 0 unspecified atom stereocenters. The maximum absolute atomic E-state index is 13.3. The molecule has 0 N–H and O–H groups in total. The van der Waals surface area contributed by atoms with Crippen LogP contribution in [0.3, 0.4) is 0 Å². The molecule has 0 saturated carbocycles. The Labute approximate surface area is 104 Å². The summed E-state index contributed by atoms with van der Waals surface area (Å²) in [4.78, 5) is 4.15. The molecular formula is C14H11FN2O. The molecular weight excluding hydrogens is 231 g/mol. The number of halogens is 1. The molecule has 0 aliphatic carbocycles. The van der Waals surface area contributed by atoms with E-state index in [0.29, 0.717) is 13.0 Å². The van der Waals surface area contributed by atoms with E-state index in [4.69, 9.17) is 10.00 Å². The normalized spacial score (nSPS) is 9.78. The van der Waals surface area contributed by atoms with Gasteiger partial charge in [0, 0.05) is 18.3 Å². The number of pyridine rings is 1. The molecule has 1 heterocycles. The number of nitriles is 1. The first-order valence-corrected chi connectivity index (χ1v) is 5.52. The molecule has 90 valence electrons. The molecule has 0 bridgehead atoms. The summed E-state index contributed by atoms with van der Waals surface area (Å²) in [6, 6.07) is 11.8. The molecule has 0 aliphatic rings. The van der Waals surface area contributed by atoms with Crippen LogP contribution < -0.4 is 4.74 Å². The molecule has 0 aliphatic heterocycles. The zero-order valence-electron chi connectivity index (χ0n) is 9.64. The average Bonchev–Trinajstić information content (AvgIpc) is 2.40. The van der Waals surface area contributed by atoms with E-state index in [1.807, 2.05) is 18.2 Å². The van der Waals surface area contributed by atoms with Crippen molar-refractivity contribution in [1.29, 1.82) is 5.26 Å². The largest absolute Gasteiger partial charge is 0.492 e. The lowest BCUT2D eigenvalue weighted by Crippen LogP contribution is -2.04. The third-order valence-corrected chi connectivity index (χ3v) is 2.43. The summed E-state index contributed by atoms with van der Waals surface area (Å²) in [6.45, 7) is 0.356. The van der Waals surface area contributed by atoms with Crippen LogP contribution in [0.4, 0.5) is 4.39 Å². The van der Waals surface area contributed by atoms with Gasteiger partial charge >= 0.3 is 0 Å². The minimum Gasteiger partial charge on any atom is -0.492 e. The highest BCUT2D eigenvalue weighted by Crippen LogP contribution is 2.20. The fourth-order valence-electron chi connectivity index (χ4n) is 1.54. The van der Waals surface area contributed by atoms with Crippen LogP contribution >= 0.6 is 0 Å². The van der Waals surface area contributed by atoms with Crippen LogP contribution in [0.15, 0.2) is 42.6 Å². The van der Waals surface area contributed by atoms with E-state index < -0.39 is 5.82 Å². The molecule has 0 saturated heterocycles. The summed E-state index contributed by atoms with van der Waals surface area (Å²) in [5.74, 6) is -0.290. The number of hydrogen-bond acceptors (Lipinski definition) is 3. The smallest absolute Gasteiger partial charge is 0.144 e. The molecule has 3 nitrogen and oxygen atoms in total. The van der Waals surface area contributed by atoms with Crippen LogP contribution in [0.1, 0.15) is 11.3 Å². The predicted octanol–water partition coefficient (Wildman–Crippen LogP) is 2.71. The summed E-state index contributed by atoms with van der Waals surface area (Å²) < 4.78 is 18.7. The Morgan fingerprint density at radius 3 is 2.83 bits per heavy atom. The fourth-order valence-corrected chi connectivity index (χ4v) is 1.54. The standard InChI is InChI=1S/C14H11FN2O/c15-13-5-3-6-14(12(13)10-16)18-9-7-11-4-1-2-8-17-11/h1-6,8H,7,9H2. The summed E-state index contributed by atoms with van der Waals surface area (Å²) in [5.41, 5.74) is 0.839. The molecule has 0 atom stereocenters. The van der Waals surface area contributed by atoms with Gasteiger partial charge in [0.25, 0.3) is 0 Å². The van der Waals surface area contributed by atoms with E-state index in [1.165, 1.54) is 12.1 Å². The summed E-state index contributed by atoms with van der Waals surface area (Å²) >= 11 is 0. The van der Waals surface area contributed by atoms with Crippen molar-refractivity contribution in [2.45, 2.75) is 6.42 Å². The predicted molar refractivity (Wildman–Crippen MR) is 64.6 cm³/mol. The first-order valence-electron chi connectivity index (χ1n) is 5.52. The number of aromatic nitrogens is 1. The molecule has 1 aromatic heterocycles. The van der Waals surface area contributed by atoms with E-state index >= 15 is 0 Å². The number of hydrogen-bond donors (Lipinski definition) is 0. The number of nitrogens with zero attached hydrogens (tertiary/aromatic N) is 2. The van der Waals surface area contributed by atoms with Gasteiger partial charge in [-0.15, -0.1) is 0 Å². The molecule has 2 aromatic rings. The number of benzene rings is 1. The van der Waals surface area contributed by atoms with Gasteiger partial charge in [-0.05, 0) is 24.3 Å². The first kappa shape index (κ1) is 12.1. The van der Waals surface area contributed by atoms with Crippen molar-refractivity contribution in [3.05, 3.63) is 59.7 Å². The first-order chi connectivity index (χ1) is 8.81. The molecule has 0 spiro atoms. The third kappa shape index (κ3) is 2.83. The SMILES string of the molecule is N#Cc1c(F)cccc1OCCc1ccccn1. The molecule has 18 heavy (non-hydrogen) atoms. The highest BCUT2D eigenvalue weighted by atomic mass is 19.1. The highest BCUT2D eigenvalue weighted by Gasteiger charge is 2.08. The Bertz CT molecular complexity index is 564. The minimum absolute atomic E-state index is 0.0569. The van der Waals surface area contributed by atoms with Crippen molar-refractivity contribution in [3.8, 4) is 11.8 Å². The van der Waals surface area contributed by atoms with Gasteiger partial charge in [0.05, 0.1) is 6.61 Å². The van der Waals surface area contributed by atoms with E-state index in [0.717, 1.165) is 5.69 Å². The van der Waals surface area contributed by atoms with Crippen LogP contribution in [0.5, 0.6) is 5.75 Å². The molecule has 2 rings (SSSR count). The van der Waals surface area contributed by atoms with Gasteiger partial charge < -0.3 is 4.74 Å². The van der Waals surface area contributed by atoms with Crippen LogP contribution in [0.2, 0.25) is 0 Å². The Kier molecular flexibility index (Phi) is 3.87. The van der Waals surface area contributed by atoms with Crippen molar-refractivity contribution in [3.63, 3.8) is 0 Å². The minimum atomic E-state index is -0.562. The lowest BCUT2D eigenvalue weighted by Gasteiger charge is -2.07. The van der Waals surface area contributed by atoms with Gasteiger partial charge in [-0.2, -0.15) is 5.26 Å². The second kappa shape index (κ2) is 5.78. The zero-order valence-corrected chi connectivity index (χ0v) is 9.64. The van der Waals surface area contributed by atoms with Gasteiger partial charge in [-0.3, -0.25) is 4.98 Å². The van der Waals surface area contributed by atoms with E-state index in [-0.39, 0.29) is 11.3 Å². The maximum atomic E-state index is 13.3. The van der Waals surface area contributed by atoms with Crippen molar-refractivity contribution in [2.75, 3.05) is 6.61 Å². The monoisotopic (exact) mass is 242 g/mol. The van der Waals surface area contributed by atoms with Gasteiger partial charge in [0.1, 0.15) is 23.2 Å². The van der Waals surface area contributed by atoms with Gasteiger partial charge in [0.15, 0.2) is 0 Å². The van der Waals surface area contributed by atoms with Gasteiger partial charge in [-0.1, -0.05) is 12.1 Å². The zero-order chi connectivity index (χ0) is 12.8. The summed E-state index contributed by atoms with van der Waals surface area (Å²) in [6.07, 6.45) is 2.32. The number of rotatable bonds is 4. The van der Waals surface area contributed by atoms with Crippen LogP contribution in [0.25, 0.3) is 0 Å². The Hall–Kier alpha value is -2.41. The molecule has 0 radical (unpaired) electrons. The maximum Gasteiger partial charge on any atom is 0.144 e. The highest BCUT2D eigenvalue weighted by molar-refractivity contribution is 5.43. The van der Waals surface area contributed by atoms with Crippen LogP contribution in [-0.2, 0) is 6.42 Å². The Morgan fingerprint density at radius 2 is 2.11 bits per heavy atom. The Balaban J connectivity index is 1.99. The molecule has 0 amide bonds.